The highest BCUT2D eigenvalue weighted by Crippen LogP contribution is 2.33. The number of nitrogens with zero attached hydrogens (tertiary/aromatic N) is 2. The predicted molar refractivity (Wildman–Crippen MR) is 78.2 cm³/mol. The van der Waals surface area contributed by atoms with E-state index in [1.54, 1.807) is 50.6 Å². The van der Waals surface area contributed by atoms with E-state index in [4.69, 9.17) is 13.9 Å². The lowest BCUT2D eigenvalue weighted by atomic mass is 10.2. The largest absolute Gasteiger partial charge is 0.493 e. The molecule has 1 heterocycles. The summed E-state index contributed by atoms with van der Waals surface area (Å²) in [6.07, 6.45) is 0. The average molecular weight is 300 g/mol. The molecule has 0 radical (unpaired) electrons. The van der Waals surface area contributed by atoms with Gasteiger partial charge in [-0.3, -0.25) is 0 Å². The predicted octanol–water partition coefficient (Wildman–Crippen LogP) is 3.56. The third kappa shape index (κ3) is 2.50. The molecule has 0 saturated heterocycles. The zero-order valence-electron chi connectivity index (χ0n) is 12.0. The second-order valence-corrected chi connectivity index (χ2v) is 4.46. The number of halogens is 1. The van der Waals surface area contributed by atoms with Crippen molar-refractivity contribution in [3.63, 3.8) is 0 Å². The first kappa shape index (κ1) is 14.1. The van der Waals surface area contributed by atoms with E-state index >= 15 is 0 Å². The van der Waals surface area contributed by atoms with Crippen molar-refractivity contribution >= 4 is 0 Å². The molecule has 0 atom stereocenters. The first-order chi connectivity index (χ1) is 10.7. The molecule has 3 aromatic rings. The van der Waals surface area contributed by atoms with Crippen LogP contribution in [-0.2, 0) is 0 Å². The highest BCUT2D eigenvalue weighted by Gasteiger charge is 2.15. The lowest BCUT2D eigenvalue weighted by molar-refractivity contribution is 0.355. The van der Waals surface area contributed by atoms with Crippen molar-refractivity contribution in [1.29, 1.82) is 0 Å². The van der Waals surface area contributed by atoms with Gasteiger partial charge in [-0.25, -0.2) is 4.39 Å². The molecule has 0 N–H and O–H groups in total. The zero-order chi connectivity index (χ0) is 15.5. The van der Waals surface area contributed by atoms with Gasteiger partial charge in [-0.05, 0) is 30.3 Å². The number of hydrogen-bond donors (Lipinski definition) is 0. The van der Waals surface area contributed by atoms with Crippen LogP contribution in [0.5, 0.6) is 11.5 Å². The Labute approximate surface area is 126 Å². The maximum atomic E-state index is 13.7. The molecular formula is C16H13FN2O3. The highest BCUT2D eigenvalue weighted by molar-refractivity contribution is 5.62. The molecule has 0 aliphatic carbocycles. The van der Waals surface area contributed by atoms with Gasteiger partial charge in [0, 0.05) is 5.56 Å². The monoisotopic (exact) mass is 300 g/mol. The molecule has 6 heteroatoms. The van der Waals surface area contributed by atoms with Crippen LogP contribution in [0.1, 0.15) is 0 Å². The summed E-state index contributed by atoms with van der Waals surface area (Å²) in [6, 6.07) is 11.5. The van der Waals surface area contributed by atoms with Crippen molar-refractivity contribution in [3.8, 4) is 34.4 Å². The molecule has 0 amide bonds. The van der Waals surface area contributed by atoms with Gasteiger partial charge in [0.25, 0.3) is 5.89 Å². The van der Waals surface area contributed by atoms with Crippen molar-refractivity contribution in [1.82, 2.24) is 10.2 Å². The number of methoxy groups -OCH3 is 2. The summed E-state index contributed by atoms with van der Waals surface area (Å²) in [5.74, 6) is 1.14. The van der Waals surface area contributed by atoms with Crippen LogP contribution in [0.15, 0.2) is 46.9 Å². The number of rotatable bonds is 4. The Morgan fingerprint density at radius 3 is 2.36 bits per heavy atom. The summed E-state index contributed by atoms with van der Waals surface area (Å²) in [5.41, 5.74) is 0.925. The minimum Gasteiger partial charge on any atom is -0.493 e. The molecular weight excluding hydrogens is 287 g/mol. The Bertz CT molecular complexity index is 802. The molecule has 3 rings (SSSR count). The van der Waals surface area contributed by atoms with E-state index in [0.29, 0.717) is 17.1 Å². The standard InChI is InChI=1S/C16H13FN2O3/c1-20-13-8-7-10(9-14(13)21-2)15-18-19-16(22-15)11-5-3-4-6-12(11)17/h3-9H,1-2H3. The van der Waals surface area contributed by atoms with Crippen LogP contribution in [-0.4, -0.2) is 24.4 Å². The van der Waals surface area contributed by atoms with E-state index in [-0.39, 0.29) is 17.3 Å². The van der Waals surface area contributed by atoms with Crippen molar-refractivity contribution in [2.75, 3.05) is 14.2 Å². The van der Waals surface area contributed by atoms with E-state index in [2.05, 4.69) is 10.2 Å². The van der Waals surface area contributed by atoms with Crippen LogP contribution in [0, 0.1) is 5.82 Å². The fourth-order valence-electron chi connectivity index (χ4n) is 2.05. The molecule has 0 bridgehead atoms. The fourth-order valence-corrected chi connectivity index (χ4v) is 2.05. The van der Waals surface area contributed by atoms with E-state index in [9.17, 15) is 4.39 Å². The third-order valence-electron chi connectivity index (χ3n) is 3.16. The van der Waals surface area contributed by atoms with Gasteiger partial charge >= 0.3 is 0 Å². The third-order valence-corrected chi connectivity index (χ3v) is 3.16. The maximum Gasteiger partial charge on any atom is 0.251 e. The van der Waals surface area contributed by atoms with Crippen molar-refractivity contribution in [3.05, 3.63) is 48.3 Å². The number of aromatic nitrogens is 2. The summed E-state index contributed by atoms with van der Waals surface area (Å²) >= 11 is 0. The SMILES string of the molecule is COc1ccc(-c2nnc(-c3ccccc3F)o2)cc1OC. The Kier molecular flexibility index (Phi) is 3.74. The lowest BCUT2D eigenvalue weighted by Gasteiger charge is -2.07. The second kappa shape index (κ2) is 5.85. The second-order valence-electron chi connectivity index (χ2n) is 4.46. The molecule has 2 aromatic carbocycles. The minimum atomic E-state index is -0.412. The molecule has 5 nitrogen and oxygen atoms in total. The quantitative estimate of drug-likeness (QED) is 0.737. The van der Waals surface area contributed by atoms with Crippen LogP contribution in [0.3, 0.4) is 0 Å². The molecule has 0 aliphatic rings. The van der Waals surface area contributed by atoms with Gasteiger partial charge in [0.1, 0.15) is 5.82 Å². The van der Waals surface area contributed by atoms with Crippen LogP contribution in [0.25, 0.3) is 22.9 Å². The van der Waals surface area contributed by atoms with Gasteiger partial charge in [-0.2, -0.15) is 0 Å². The number of ether oxygens (including phenoxy) is 2. The van der Waals surface area contributed by atoms with Gasteiger partial charge in [0.2, 0.25) is 5.89 Å². The zero-order valence-corrected chi connectivity index (χ0v) is 12.0. The topological polar surface area (TPSA) is 57.4 Å². The minimum absolute atomic E-state index is 0.128. The Morgan fingerprint density at radius 1 is 0.909 bits per heavy atom. The lowest BCUT2D eigenvalue weighted by Crippen LogP contribution is -1.90. The summed E-state index contributed by atoms with van der Waals surface area (Å²) in [6.45, 7) is 0. The Morgan fingerprint density at radius 2 is 1.64 bits per heavy atom. The smallest absolute Gasteiger partial charge is 0.251 e. The first-order valence-electron chi connectivity index (χ1n) is 6.53. The molecule has 0 fully saturated rings. The van der Waals surface area contributed by atoms with E-state index in [0.717, 1.165) is 0 Å². The first-order valence-corrected chi connectivity index (χ1v) is 6.53. The van der Waals surface area contributed by atoms with Gasteiger partial charge < -0.3 is 13.9 Å². The fraction of sp³-hybridized carbons (Fsp3) is 0.125. The molecule has 112 valence electrons. The molecule has 1 aromatic heterocycles. The van der Waals surface area contributed by atoms with Crippen LogP contribution >= 0.6 is 0 Å². The molecule has 0 spiro atoms. The Balaban J connectivity index is 1.99. The van der Waals surface area contributed by atoms with Crippen molar-refractivity contribution < 1.29 is 18.3 Å². The molecule has 0 unspecified atom stereocenters. The van der Waals surface area contributed by atoms with Gasteiger partial charge in [0.15, 0.2) is 11.5 Å². The maximum absolute atomic E-state index is 13.7. The number of hydrogen-bond acceptors (Lipinski definition) is 5. The van der Waals surface area contributed by atoms with Crippen LogP contribution in [0.2, 0.25) is 0 Å². The van der Waals surface area contributed by atoms with Crippen LogP contribution < -0.4 is 9.47 Å². The van der Waals surface area contributed by atoms with Gasteiger partial charge in [-0.15, -0.1) is 10.2 Å². The van der Waals surface area contributed by atoms with Crippen molar-refractivity contribution in [2.24, 2.45) is 0 Å². The van der Waals surface area contributed by atoms with E-state index in [1.165, 1.54) is 6.07 Å². The Hall–Kier alpha value is -2.89. The summed E-state index contributed by atoms with van der Waals surface area (Å²) in [7, 11) is 3.10. The summed E-state index contributed by atoms with van der Waals surface area (Å²) in [4.78, 5) is 0. The van der Waals surface area contributed by atoms with Crippen molar-refractivity contribution in [2.45, 2.75) is 0 Å². The molecule has 0 aliphatic heterocycles. The van der Waals surface area contributed by atoms with E-state index < -0.39 is 5.82 Å². The van der Waals surface area contributed by atoms with Gasteiger partial charge in [-0.1, -0.05) is 12.1 Å². The van der Waals surface area contributed by atoms with E-state index in [1.807, 2.05) is 0 Å². The van der Waals surface area contributed by atoms with Crippen LogP contribution in [0.4, 0.5) is 4.39 Å². The molecule has 22 heavy (non-hydrogen) atoms. The number of benzene rings is 2. The normalized spacial score (nSPS) is 10.5. The summed E-state index contributed by atoms with van der Waals surface area (Å²) in [5, 5.41) is 7.85. The van der Waals surface area contributed by atoms with Gasteiger partial charge in [0.05, 0.1) is 19.8 Å². The molecule has 0 saturated carbocycles. The highest BCUT2D eigenvalue weighted by atomic mass is 19.1. The average Bonchev–Trinajstić information content (AvgIpc) is 3.04. The summed E-state index contributed by atoms with van der Waals surface area (Å²) < 4.78 is 29.7.